The van der Waals surface area contributed by atoms with Gasteiger partial charge >= 0.3 is 0 Å². The van der Waals surface area contributed by atoms with Crippen molar-refractivity contribution in [3.63, 3.8) is 0 Å². The fourth-order valence-electron chi connectivity index (χ4n) is 5.48. The second-order valence-electron chi connectivity index (χ2n) is 10.8. The Morgan fingerprint density at radius 3 is 1.83 bits per heavy atom. The fraction of sp³-hybridized carbons (Fsp3) is 0.300. The fourth-order valence-corrected chi connectivity index (χ4v) is 5.48. The van der Waals surface area contributed by atoms with Crippen LogP contribution in [0.2, 0.25) is 0 Å². The minimum atomic E-state index is -0.0689. The van der Waals surface area contributed by atoms with Crippen molar-refractivity contribution in [1.29, 1.82) is 0 Å². The zero-order valence-electron chi connectivity index (χ0n) is 20.8. The van der Waals surface area contributed by atoms with Gasteiger partial charge in [0.15, 0.2) is 0 Å². The Bertz CT molecular complexity index is 1350. The van der Waals surface area contributed by atoms with E-state index in [4.69, 9.17) is 9.97 Å². The average Bonchev–Trinajstić information content (AvgIpc) is 2.82. The lowest BCUT2D eigenvalue weighted by atomic mass is 9.79. The SMILES string of the molecule is CC1(C)CC(NC(=O)c2ccc3nc(-c4ccccc4)c(-c4ccccc4)nc3c2)CC(C)(C)N1. The molecule has 0 saturated carbocycles. The molecule has 1 amide bonds. The lowest BCUT2D eigenvalue weighted by Gasteiger charge is -2.46. The van der Waals surface area contributed by atoms with Gasteiger partial charge in [0.05, 0.1) is 22.4 Å². The van der Waals surface area contributed by atoms with Gasteiger partial charge in [0.1, 0.15) is 0 Å². The Morgan fingerprint density at radius 2 is 1.29 bits per heavy atom. The third-order valence-corrected chi connectivity index (χ3v) is 6.55. The Kier molecular flexibility index (Phi) is 5.89. The summed E-state index contributed by atoms with van der Waals surface area (Å²) in [7, 11) is 0. The summed E-state index contributed by atoms with van der Waals surface area (Å²) in [6, 6.07) is 25.9. The predicted octanol–water partition coefficient (Wildman–Crippen LogP) is 6.00. The topological polar surface area (TPSA) is 66.9 Å². The molecule has 0 radical (unpaired) electrons. The summed E-state index contributed by atoms with van der Waals surface area (Å²) in [6.45, 7) is 8.75. The van der Waals surface area contributed by atoms with Gasteiger partial charge < -0.3 is 10.6 Å². The van der Waals surface area contributed by atoms with Gasteiger partial charge in [-0.25, -0.2) is 9.97 Å². The molecule has 2 N–H and O–H groups in total. The Balaban J connectivity index is 1.51. The first-order valence-corrected chi connectivity index (χ1v) is 12.2. The minimum absolute atomic E-state index is 0.0347. The van der Waals surface area contributed by atoms with Crippen molar-refractivity contribution in [2.24, 2.45) is 0 Å². The van der Waals surface area contributed by atoms with E-state index >= 15 is 0 Å². The first-order valence-electron chi connectivity index (χ1n) is 12.2. The molecule has 2 heterocycles. The maximum atomic E-state index is 13.2. The van der Waals surface area contributed by atoms with Gasteiger partial charge in [-0.2, -0.15) is 0 Å². The molecule has 178 valence electrons. The third kappa shape index (κ3) is 5.10. The van der Waals surface area contributed by atoms with Crippen LogP contribution < -0.4 is 10.6 Å². The van der Waals surface area contributed by atoms with Crippen LogP contribution in [0.4, 0.5) is 0 Å². The zero-order chi connectivity index (χ0) is 24.6. The number of aromatic nitrogens is 2. The van der Waals surface area contributed by atoms with Crippen LogP contribution in [0.1, 0.15) is 50.9 Å². The van der Waals surface area contributed by atoms with Gasteiger partial charge in [-0.05, 0) is 58.7 Å². The zero-order valence-corrected chi connectivity index (χ0v) is 20.8. The standard InChI is InChI=1S/C30H32N4O/c1-29(2)18-23(19-30(3,4)34-29)31-28(35)22-15-16-24-25(17-22)33-27(21-13-9-6-10-14-21)26(32-24)20-11-7-5-8-12-20/h5-17,23,34H,18-19H2,1-4H3,(H,31,35). The number of hydrogen-bond acceptors (Lipinski definition) is 4. The lowest BCUT2D eigenvalue weighted by molar-refractivity contribution is 0.0873. The largest absolute Gasteiger partial charge is 0.349 e. The van der Waals surface area contributed by atoms with E-state index < -0.39 is 0 Å². The number of fused-ring (bicyclic) bond motifs is 1. The van der Waals surface area contributed by atoms with E-state index in [9.17, 15) is 4.79 Å². The van der Waals surface area contributed by atoms with Crippen LogP contribution in [0.15, 0.2) is 78.9 Å². The number of hydrogen-bond donors (Lipinski definition) is 2. The van der Waals surface area contributed by atoms with Crippen LogP contribution in [0, 0.1) is 0 Å². The minimum Gasteiger partial charge on any atom is -0.349 e. The van der Waals surface area contributed by atoms with E-state index in [1.54, 1.807) is 0 Å². The molecule has 0 atom stereocenters. The van der Waals surface area contributed by atoms with Crippen molar-refractivity contribution in [2.45, 2.75) is 57.7 Å². The number of amides is 1. The quantitative estimate of drug-likeness (QED) is 0.389. The molecule has 3 aromatic carbocycles. The highest BCUT2D eigenvalue weighted by molar-refractivity contribution is 5.98. The molecule has 1 fully saturated rings. The molecule has 1 aliphatic rings. The highest BCUT2D eigenvalue weighted by Gasteiger charge is 2.38. The molecule has 4 aromatic rings. The van der Waals surface area contributed by atoms with Gasteiger partial charge in [0.2, 0.25) is 0 Å². The molecule has 35 heavy (non-hydrogen) atoms. The van der Waals surface area contributed by atoms with Gasteiger partial charge in [-0.1, -0.05) is 60.7 Å². The highest BCUT2D eigenvalue weighted by atomic mass is 16.1. The average molecular weight is 465 g/mol. The van der Waals surface area contributed by atoms with Crippen molar-refractivity contribution in [3.8, 4) is 22.5 Å². The highest BCUT2D eigenvalue weighted by Crippen LogP contribution is 2.32. The van der Waals surface area contributed by atoms with Gasteiger partial charge in [0, 0.05) is 33.8 Å². The summed E-state index contributed by atoms with van der Waals surface area (Å²) < 4.78 is 0. The molecule has 1 aliphatic heterocycles. The summed E-state index contributed by atoms with van der Waals surface area (Å²) >= 11 is 0. The van der Waals surface area contributed by atoms with Gasteiger partial charge in [-0.3, -0.25) is 4.79 Å². The molecule has 1 aromatic heterocycles. The summed E-state index contributed by atoms with van der Waals surface area (Å²) in [5.74, 6) is -0.0689. The Hall–Kier alpha value is -3.57. The molecular weight excluding hydrogens is 432 g/mol. The molecule has 0 aliphatic carbocycles. The molecule has 0 unspecified atom stereocenters. The molecule has 1 saturated heterocycles. The number of nitrogens with zero attached hydrogens (tertiary/aromatic N) is 2. The molecule has 0 bridgehead atoms. The Morgan fingerprint density at radius 1 is 0.771 bits per heavy atom. The first-order chi connectivity index (χ1) is 16.7. The van der Waals surface area contributed by atoms with Crippen molar-refractivity contribution in [3.05, 3.63) is 84.4 Å². The normalized spacial score (nSPS) is 17.3. The number of benzene rings is 3. The van der Waals surface area contributed by atoms with E-state index in [2.05, 4.69) is 38.3 Å². The van der Waals surface area contributed by atoms with Crippen LogP contribution in [-0.4, -0.2) is 33.0 Å². The molecule has 5 nitrogen and oxygen atoms in total. The maximum absolute atomic E-state index is 13.2. The first kappa shape index (κ1) is 23.2. The third-order valence-electron chi connectivity index (χ3n) is 6.55. The second-order valence-corrected chi connectivity index (χ2v) is 10.8. The second kappa shape index (κ2) is 8.90. The number of nitrogens with one attached hydrogen (secondary N) is 2. The van der Waals surface area contributed by atoms with Crippen LogP contribution in [0.5, 0.6) is 0 Å². The van der Waals surface area contributed by atoms with Crippen LogP contribution in [-0.2, 0) is 0 Å². The molecule has 5 rings (SSSR count). The summed E-state index contributed by atoms with van der Waals surface area (Å²) in [6.07, 6.45) is 1.77. The number of carbonyl (C=O) groups is 1. The van der Waals surface area contributed by atoms with Crippen LogP contribution in [0.3, 0.4) is 0 Å². The molecule has 5 heteroatoms. The number of piperidine rings is 1. The van der Waals surface area contributed by atoms with Crippen LogP contribution in [0.25, 0.3) is 33.5 Å². The van der Waals surface area contributed by atoms with E-state index in [0.29, 0.717) is 11.1 Å². The summed E-state index contributed by atoms with van der Waals surface area (Å²) in [4.78, 5) is 23.2. The van der Waals surface area contributed by atoms with Crippen molar-refractivity contribution < 1.29 is 4.79 Å². The van der Waals surface area contributed by atoms with Crippen molar-refractivity contribution >= 4 is 16.9 Å². The van der Waals surface area contributed by atoms with E-state index in [1.165, 1.54) is 0 Å². The van der Waals surface area contributed by atoms with Crippen molar-refractivity contribution in [1.82, 2.24) is 20.6 Å². The Labute approximate surface area is 207 Å². The van der Waals surface area contributed by atoms with Gasteiger partial charge in [0.25, 0.3) is 5.91 Å². The summed E-state index contributed by atoms with van der Waals surface area (Å²) in [5.41, 5.74) is 5.66. The predicted molar refractivity (Wildman–Crippen MR) is 142 cm³/mol. The smallest absolute Gasteiger partial charge is 0.251 e. The van der Waals surface area contributed by atoms with E-state index in [0.717, 1.165) is 40.9 Å². The number of rotatable bonds is 4. The van der Waals surface area contributed by atoms with Crippen molar-refractivity contribution in [2.75, 3.05) is 0 Å². The van der Waals surface area contributed by atoms with E-state index in [-0.39, 0.29) is 23.0 Å². The molecular formula is C30H32N4O. The number of carbonyl (C=O) groups excluding carboxylic acids is 1. The van der Waals surface area contributed by atoms with Gasteiger partial charge in [-0.15, -0.1) is 0 Å². The van der Waals surface area contributed by atoms with E-state index in [1.807, 2.05) is 78.9 Å². The van der Waals surface area contributed by atoms with Crippen LogP contribution >= 0.6 is 0 Å². The maximum Gasteiger partial charge on any atom is 0.251 e. The lowest BCUT2D eigenvalue weighted by Crippen LogP contribution is -2.62. The summed E-state index contributed by atoms with van der Waals surface area (Å²) in [5, 5.41) is 6.94. The monoisotopic (exact) mass is 464 g/mol. The molecule has 0 spiro atoms.